The number of hydrogen-bond donors (Lipinski definition) is 1. The minimum atomic E-state index is 0.00343. The highest BCUT2D eigenvalue weighted by atomic mass is 16.3. The zero-order valence-electron chi connectivity index (χ0n) is 9.35. The average Bonchev–Trinajstić information content (AvgIpc) is 2.83. The van der Waals surface area contributed by atoms with Crippen LogP contribution in [-0.4, -0.2) is 29.0 Å². The molecular formula is C13H17NO2. The number of aliphatic hydroxyl groups is 1. The van der Waals surface area contributed by atoms with E-state index in [1.54, 1.807) is 0 Å². The predicted molar refractivity (Wildman–Crippen MR) is 61.9 cm³/mol. The molecule has 0 aromatic heterocycles. The van der Waals surface area contributed by atoms with Gasteiger partial charge in [0.25, 0.3) is 0 Å². The first-order valence-corrected chi connectivity index (χ1v) is 5.76. The molecule has 1 N–H and O–H groups in total. The Kier molecular flexibility index (Phi) is 3.57. The molecule has 0 bridgehead atoms. The van der Waals surface area contributed by atoms with Crippen molar-refractivity contribution >= 4 is 5.91 Å². The molecule has 1 aromatic carbocycles. The van der Waals surface area contributed by atoms with Crippen LogP contribution in [0.3, 0.4) is 0 Å². The quantitative estimate of drug-likeness (QED) is 0.833. The Morgan fingerprint density at radius 2 is 1.81 bits per heavy atom. The van der Waals surface area contributed by atoms with Crippen molar-refractivity contribution in [2.75, 3.05) is 13.1 Å². The molecule has 0 atom stereocenters. The number of likely N-dealkylation sites (tertiary alicyclic amines) is 1. The maximum atomic E-state index is 11.9. The highest BCUT2D eigenvalue weighted by Gasteiger charge is 2.18. The second kappa shape index (κ2) is 5.12. The lowest BCUT2D eigenvalue weighted by Gasteiger charge is -2.16. The van der Waals surface area contributed by atoms with Crippen molar-refractivity contribution in [1.29, 1.82) is 0 Å². The summed E-state index contributed by atoms with van der Waals surface area (Å²) in [5.74, 6) is 0.179. The fraction of sp³-hybridized carbons (Fsp3) is 0.462. The molecule has 1 aliphatic rings. The van der Waals surface area contributed by atoms with Crippen LogP contribution in [-0.2, 0) is 17.8 Å². The molecule has 1 heterocycles. The van der Waals surface area contributed by atoms with Gasteiger partial charge < -0.3 is 10.0 Å². The van der Waals surface area contributed by atoms with E-state index in [1.165, 1.54) is 0 Å². The van der Waals surface area contributed by atoms with Gasteiger partial charge in [-0.15, -0.1) is 0 Å². The summed E-state index contributed by atoms with van der Waals surface area (Å²) >= 11 is 0. The summed E-state index contributed by atoms with van der Waals surface area (Å²) < 4.78 is 0. The van der Waals surface area contributed by atoms with Crippen molar-refractivity contribution in [3.63, 3.8) is 0 Å². The molecule has 16 heavy (non-hydrogen) atoms. The Bertz CT molecular complexity index is 370. The molecule has 86 valence electrons. The van der Waals surface area contributed by atoms with Crippen LogP contribution in [0, 0.1) is 0 Å². The van der Waals surface area contributed by atoms with E-state index in [9.17, 15) is 9.90 Å². The van der Waals surface area contributed by atoms with Crippen LogP contribution in [0.25, 0.3) is 0 Å². The summed E-state index contributed by atoms with van der Waals surface area (Å²) in [7, 11) is 0. The molecule has 0 aliphatic carbocycles. The average molecular weight is 219 g/mol. The molecule has 1 fully saturated rings. The number of amides is 1. The van der Waals surface area contributed by atoms with Gasteiger partial charge >= 0.3 is 0 Å². The maximum absolute atomic E-state index is 11.9. The SMILES string of the molecule is O=C(Cc1ccccc1CO)N1CCCC1. The van der Waals surface area contributed by atoms with E-state index in [4.69, 9.17) is 0 Å². The molecule has 1 amide bonds. The van der Waals surface area contributed by atoms with Gasteiger partial charge in [-0.3, -0.25) is 4.79 Å². The maximum Gasteiger partial charge on any atom is 0.227 e. The fourth-order valence-electron chi connectivity index (χ4n) is 2.13. The van der Waals surface area contributed by atoms with Crippen LogP contribution in [0.2, 0.25) is 0 Å². The number of nitrogens with zero attached hydrogens (tertiary/aromatic N) is 1. The third-order valence-corrected chi connectivity index (χ3v) is 3.09. The summed E-state index contributed by atoms with van der Waals surface area (Å²) in [4.78, 5) is 13.8. The van der Waals surface area contributed by atoms with E-state index in [2.05, 4.69) is 0 Å². The lowest BCUT2D eigenvalue weighted by molar-refractivity contribution is -0.129. The molecule has 1 aliphatic heterocycles. The normalized spacial score (nSPS) is 15.4. The van der Waals surface area contributed by atoms with Gasteiger partial charge in [-0.25, -0.2) is 0 Å². The summed E-state index contributed by atoms with van der Waals surface area (Å²) in [6.45, 7) is 1.78. The molecule has 3 nitrogen and oxygen atoms in total. The zero-order chi connectivity index (χ0) is 11.4. The van der Waals surface area contributed by atoms with Crippen LogP contribution >= 0.6 is 0 Å². The van der Waals surface area contributed by atoms with Crippen LogP contribution < -0.4 is 0 Å². The topological polar surface area (TPSA) is 40.5 Å². The van der Waals surface area contributed by atoms with Gasteiger partial charge in [0.05, 0.1) is 13.0 Å². The highest BCUT2D eigenvalue weighted by molar-refractivity contribution is 5.79. The van der Waals surface area contributed by atoms with Gasteiger partial charge in [-0.05, 0) is 24.0 Å². The van der Waals surface area contributed by atoms with Gasteiger partial charge in [0.2, 0.25) is 5.91 Å². The molecule has 0 spiro atoms. The van der Waals surface area contributed by atoms with E-state index in [1.807, 2.05) is 29.2 Å². The van der Waals surface area contributed by atoms with Crippen molar-refractivity contribution < 1.29 is 9.90 Å². The van der Waals surface area contributed by atoms with Crippen molar-refractivity contribution in [2.24, 2.45) is 0 Å². The molecule has 0 saturated carbocycles. The van der Waals surface area contributed by atoms with E-state index in [0.29, 0.717) is 6.42 Å². The Morgan fingerprint density at radius 3 is 2.44 bits per heavy atom. The number of carbonyl (C=O) groups excluding carboxylic acids is 1. The van der Waals surface area contributed by atoms with Crippen molar-refractivity contribution in [3.05, 3.63) is 35.4 Å². The van der Waals surface area contributed by atoms with E-state index in [-0.39, 0.29) is 12.5 Å². The van der Waals surface area contributed by atoms with Gasteiger partial charge in [0, 0.05) is 13.1 Å². The number of carbonyl (C=O) groups is 1. The summed E-state index contributed by atoms with van der Waals surface area (Å²) in [5.41, 5.74) is 1.80. The third-order valence-electron chi connectivity index (χ3n) is 3.09. The Hall–Kier alpha value is -1.35. The largest absolute Gasteiger partial charge is 0.392 e. The van der Waals surface area contributed by atoms with Gasteiger partial charge in [0.15, 0.2) is 0 Å². The second-order valence-corrected chi connectivity index (χ2v) is 4.19. The zero-order valence-corrected chi connectivity index (χ0v) is 9.35. The molecule has 2 rings (SSSR count). The minimum absolute atomic E-state index is 0.00343. The van der Waals surface area contributed by atoms with Crippen LogP contribution in [0.15, 0.2) is 24.3 Å². The van der Waals surface area contributed by atoms with Crippen LogP contribution in [0.4, 0.5) is 0 Å². The fourth-order valence-corrected chi connectivity index (χ4v) is 2.13. The molecule has 0 radical (unpaired) electrons. The lowest BCUT2D eigenvalue weighted by Crippen LogP contribution is -2.29. The number of aliphatic hydroxyl groups excluding tert-OH is 1. The summed E-state index contributed by atoms with van der Waals surface area (Å²) in [6, 6.07) is 7.58. The minimum Gasteiger partial charge on any atom is -0.392 e. The smallest absolute Gasteiger partial charge is 0.227 e. The summed E-state index contributed by atoms with van der Waals surface area (Å²) in [5, 5.41) is 9.17. The van der Waals surface area contributed by atoms with Crippen molar-refractivity contribution in [1.82, 2.24) is 4.90 Å². The standard InChI is InChI=1S/C13H17NO2/c15-10-12-6-2-1-5-11(12)9-13(16)14-7-3-4-8-14/h1-2,5-6,15H,3-4,7-10H2. The second-order valence-electron chi connectivity index (χ2n) is 4.19. The van der Waals surface area contributed by atoms with Gasteiger partial charge in [-0.1, -0.05) is 24.3 Å². The van der Waals surface area contributed by atoms with E-state index < -0.39 is 0 Å². The van der Waals surface area contributed by atoms with Crippen molar-refractivity contribution in [3.8, 4) is 0 Å². The van der Waals surface area contributed by atoms with Crippen LogP contribution in [0.5, 0.6) is 0 Å². The first-order valence-electron chi connectivity index (χ1n) is 5.76. The number of rotatable bonds is 3. The number of benzene rings is 1. The first-order chi connectivity index (χ1) is 7.81. The van der Waals surface area contributed by atoms with E-state index >= 15 is 0 Å². The summed E-state index contributed by atoms with van der Waals surface area (Å²) in [6.07, 6.45) is 2.65. The van der Waals surface area contributed by atoms with E-state index in [0.717, 1.165) is 37.1 Å². The monoisotopic (exact) mass is 219 g/mol. The van der Waals surface area contributed by atoms with Crippen molar-refractivity contribution in [2.45, 2.75) is 25.9 Å². The first kappa shape index (κ1) is 11.1. The highest BCUT2D eigenvalue weighted by Crippen LogP contribution is 2.13. The molecule has 3 heteroatoms. The predicted octanol–water partition coefficient (Wildman–Crippen LogP) is 1.34. The molecule has 0 unspecified atom stereocenters. The Labute approximate surface area is 95.7 Å². The Morgan fingerprint density at radius 1 is 1.19 bits per heavy atom. The number of hydrogen-bond acceptors (Lipinski definition) is 2. The lowest BCUT2D eigenvalue weighted by atomic mass is 10.0. The van der Waals surface area contributed by atoms with Crippen LogP contribution in [0.1, 0.15) is 24.0 Å². The van der Waals surface area contributed by atoms with Gasteiger partial charge in [0.1, 0.15) is 0 Å². The molecular weight excluding hydrogens is 202 g/mol. The Balaban J connectivity index is 2.05. The van der Waals surface area contributed by atoms with Gasteiger partial charge in [-0.2, -0.15) is 0 Å². The molecule has 1 aromatic rings. The third kappa shape index (κ3) is 2.42. The molecule has 1 saturated heterocycles.